The molecule has 8 N–H and O–H groups in total. The van der Waals surface area contributed by atoms with Gasteiger partial charge in [0.1, 0.15) is 49.0 Å². The first kappa shape index (κ1) is 41.6. The first-order chi connectivity index (χ1) is 25.7. The van der Waals surface area contributed by atoms with Gasteiger partial charge in [-0.1, -0.05) is 46.3 Å². The summed E-state index contributed by atoms with van der Waals surface area (Å²) in [5.74, 6) is -1.34. The summed E-state index contributed by atoms with van der Waals surface area (Å²) in [5, 5.41) is 84.8. The molecule has 4 saturated carbocycles. The number of carbonyl (C=O) groups is 2. The molecular formula is C41H64O14. The number of esters is 1. The molecule has 7 aliphatic rings. The standard InChI is InChI=1S/C41H64O14/c1-20-9-14-41(35(50)55-34-31(49)29(47)28(46)23(17-42)53-34)16-15-38(4)21(32(41)40(20,6)51)7-8-25-36(2)12-11-26(54-33-30(48)27(45)22(44)18-52-33)37(3,19-43)24(36)10-13-39(25,38)5/h7,19-20,22-34,42,44-49,51H,8-18H2,1-6H3/t20-,22-,23-,24-,25-,26+,27+,28-,29+,30-,31-,32-,33+,34+,36+,37-,38-,39-,40-,41+/m1/s1. The molecular weight excluding hydrogens is 716 g/mol. The second kappa shape index (κ2) is 14.0. The molecule has 20 atom stereocenters. The monoisotopic (exact) mass is 780 g/mol. The van der Waals surface area contributed by atoms with Gasteiger partial charge in [-0.25, -0.2) is 0 Å². The van der Waals surface area contributed by atoms with E-state index in [-0.39, 0.29) is 35.2 Å². The van der Waals surface area contributed by atoms with Crippen molar-refractivity contribution in [1.82, 2.24) is 0 Å². The minimum Gasteiger partial charge on any atom is -0.432 e. The Morgan fingerprint density at radius 1 is 0.855 bits per heavy atom. The molecule has 0 aromatic rings. The van der Waals surface area contributed by atoms with Crippen molar-refractivity contribution in [2.24, 2.45) is 50.7 Å². The molecule has 5 aliphatic carbocycles. The van der Waals surface area contributed by atoms with Crippen LogP contribution in [0.15, 0.2) is 11.6 Å². The third kappa shape index (κ3) is 5.82. The van der Waals surface area contributed by atoms with E-state index in [1.807, 2.05) is 13.8 Å². The van der Waals surface area contributed by atoms with E-state index in [0.29, 0.717) is 38.5 Å². The van der Waals surface area contributed by atoms with Gasteiger partial charge in [-0.15, -0.1) is 0 Å². The zero-order valence-electron chi connectivity index (χ0n) is 33.0. The van der Waals surface area contributed by atoms with Gasteiger partial charge in [-0.3, -0.25) is 4.79 Å². The molecule has 2 saturated heterocycles. The smallest absolute Gasteiger partial charge is 0.315 e. The van der Waals surface area contributed by atoms with Gasteiger partial charge in [-0.05, 0) is 98.7 Å². The summed E-state index contributed by atoms with van der Waals surface area (Å²) in [6.45, 7) is 11.8. The van der Waals surface area contributed by atoms with Gasteiger partial charge in [0.2, 0.25) is 6.29 Å². The molecule has 0 spiro atoms. The fraction of sp³-hybridized carbons (Fsp3) is 0.902. The Morgan fingerprint density at radius 2 is 1.55 bits per heavy atom. The van der Waals surface area contributed by atoms with Crippen molar-refractivity contribution < 1.29 is 69.4 Å². The van der Waals surface area contributed by atoms with E-state index in [1.54, 1.807) is 6.92 Å². The number of aliphatic hydroxyl groups is 8. The summed E-state index contributed by atoms with van der Waals surface area (Å²) in [4.78, 5) is 27.8. The van der Waals surface area contributed by atoms with Crippen LogP contribution in [0, 0.1) is 50.7 Å². The molecule has 14 nitrogen and oxygen atoms in total. The van der Waals surface area contributed by atoms with Crippen LogP contribution in [0.5, 0.6) is 0 Å². The van der Waals surface area contributed by atoms with Crippen molar-refractivity contribution in [2.75, 3.05) is 13.2 Å². The van der Waals surface area contributed by atoms with E-state index in [9.17, 15) is 50.4 Å². The number of ether oxygens (including phenoxy) is 4. The Kier molecular flexibility index (Phi) is 10.6. The van der Waals surface area contributed by atoms with E-state index < -0.39 is 102 Å². The highest BCUT2D eigenvalue weighted by atomic mass is 16.7. The number of hydrogen-bond donors (Lipinski definition) is 8. The van der Waals surface area contributed by atoms with Crippen molar-refractivity contribution in [1.29, 1.82) is 0 Å². The molecule has 0 amide bonds. The Labute approximate surface area is 323 Å². The maximum absolute atomic E-state index is 14.6. The van der Waals surface area contributed by atoms with Crippen molar-refractivity contribution in [3.05, 3.63) is 11.6 Å². The molecule has 6 fully saturated rings. The quantitative estimate of drug-likeness (QED) is 0.0817. The fourth-order valence-corrected chi connectivity index (χ4v) is 13.4. The second-order valence-corrected chi connectivity index (χ2v) is 19.5. The number of aldehydes is 1. The highest BCUT2D eigenvalue weighted by Gasteiger charge is 2.72. The number of carbonyl (C=O) groups excluding carboxylic acids is 2. The van der Waals surface area contributed by atoms with Crippen molar-refractivity contribution in [3.63, 3.8) is 0 Å². The summed E-state index contributed by atoms with van der Waals surface area (Å²) >= 11 is 0. The van der Waals surface area contributed by atoms with E-state index >= 15 is 0 Å². The number of aliphatic hydroxyl groups excluding tert-OH is 7. The Bertz CT molecular complexity index is 1520. The summed E-state index contributed by atoms with van der Waals surface area (Å²) in [6, 6.07) is 0. The van der Waals surface area contributed by atoms with Crippen LogP contribution >= 0.6 is 0 Å². The SMILES string of the molecule is C[C@@H]1CC[C@]2(C(=O)O[C@@H]3O[C@H](CO)[C@@H](O)[C@H](O)[C@H]3O)CC[C@]3(C)C(=CC[C@@H]4[C@@]5(C)CC[C@H](O[C@@H]6OC[C@@H](O)[C@H](O)[C@H]6O)[C@](C)(C=O)[C@@H]5CC[C@]43C)[C@@H]2[C@]1(C)O. The zero-order valence-corrected chi connectivity index (χ0v) is 33.0. The lowest BCUT2D eigenvalue weighted by Gasteiger charge is -2.71. The number of hydrogen-bond acceptors (Lipinski definition) is 14. The Hall–Kier alpha value is -1.56. The highest BCUT2D eigenvalue weighted by molar-refractivity contribution is 5.79. The summed E-state index contributed by atoms with van der Waals surface area (Å²) in [7, 11) is 0. The molecule has 2 heterocycles. The van der Waals surface area contributed by atoms with Crippen LogP contribution in [0.1, 0.15) is 99.3 Å². The molecule has 55 heavy (non-hydrogen) atoms. The Morgan fingerprint density at radius 3 is 2.22 bits per heavy atom. The molecule has 7 rings (SSSR count). The molecule has 0 bridgehead atoms. The van der Waals surface area contributed by atoms with Gasteiger partial charge in [-0.2, -0.15) is 0 Å². The van der Waals surface area contributed by atoms with Gasteiger partial charge in [0.15, 0.2) is 6.29 Å². The van der Waals surface area contributed by atoms with E-state index in [4.69, 9.17) is 18.9 Å². The number of fused-ring (bicyclic) bond motifs is 7. The molecule has 14 heteroatoms. The lowest BCUT2D eigenvalue weighted by Crippen LogP contribution is -2.68. The molecule has 2 aliphatic heterocycles. The van der Waals surface area contributed by atoms with E-state index in [2.05, 4.69) is 26.8 Å². The lowest BCUT2D eigenvalue weighted by atomic mass is 9.33. The van der Waals surface area contributed by atoms with Crippen LogP contribution in [0.4, 0.5) is 0 Å². The van der Waals surface area contributed by atoms with E-state index in [1.165, 1.54) is 0 Å². The van der Waals surface area contributed by atoms with Crippen LogP contribution in [0.25, 0.3) is 0 Å². The maximum atomic E-state index is 14.6. The second-order valence-electron chi connectivity index (χ2n) is 19.5. The molecule has 0 unspecified atom stereocenters. The Balaban J connectivity index is 1.20. The molecule has 0 aromatic carbocycles. The van der Waals surface area contributed by atoms with E-state index in [0.717, 1.165) is 31.1 Å². The van der Waals surface area contributed by atoms with Crippen molar-refractivity contribution >= 4 is 12.3 Å². The zero-order chi connectivity index (χ0) is 40.3. The lowest BCUT2D eigenvalue weighted by molar-refractivity contribution is -0.305. The van der Waals surface area contributed by atoms with Gasteiger partial charge in [0.25, 0.3) is 0 Å². The minimum absolute atomic E-state index is 0.0712. The molecule has 0 radical (unpaired) electrons. The predicted octanol–water partition coefficient (Wildman–Crippen LogP) is 1.11. The van der Waals surface area contributed by atoms with Crippen LogP contribution in [-0.4, -0.2) is 133 Å². The summed E-state index contributed by atoms with van der Waals surface area (Å²) in [5.41, 5.74) is -3.38. The third-order valence-electron chi connectivity index (χ3n) is 17.2. The summed E-state index contributed by atoms with van der Waals surface area (Å²) < 4.78 is 23.4. The van der Waals surface area contributed by atoms with Crippen molar-refractivity contribution in [3.8, 4) is 0 Å². The van der Waals surface area contributed by atoms with Crippen LogP contribution < -0.4 is 0 Å². The summed E-state index contributed by atoms with van der Waals surface area (Å²) in [6.07, 6.45) is -5.08. The van der Waals surface area contributed by atoms with Crippen LogP contribution in [-0.2, 0) is 28.5 Å². The fourth-order valence-electron chi connectivity index (χ4n) is 13.4. The first-order valence-corrected chi connectivity index (χ1v) is 20.4. The van der Waals surface area contributed by atoms with Crippen molar-refractivity contribution in [2.45, 2.75) is 166 Å². The largest absolute Gasteiger partial charge is 0.432 e. The first-order valence-electron chi connectivity index (χ1n) is 20.4. The highest BCUT2D eigenvalue weighted by Crippen LogP contribution is 2.76. The van der Waals surface area contributed by atoms with Crippen LogP contribution in [0.2, 0.25) is 0 Å². The van der Waals surface area contributed by atoms with Crippen LogP contribution in [0.3, 0.4) is 0 Å². The number of rotatable bonds is 6. The van der Waals surface area contributed by atoms with Gasteiger partial charge in [0.05, 0.1) is 35.7 Å². The number of allylic oxidation sites excluding steroid dienone is 1. The van der Waals surface area contributed by atoms with Gasteiger partial charge < -0.3 is 64.6 Å². The third-order valence-corrected chi connectivity index (χ3v) is 17.2. The minimum atomic E-state index is -1.74. The molecule has 312 valence electrons. The maximum Gasteiger partial charge on any atom is 0.315 e. The average molecular weight is 781 g/mol. The molecule has 0 aromatic heterocycles. The topological polar surface area (TPSA) is 233 Å². The van der Waals surface area contributed by atoms with Gasteiger partial charge in [0, 0.05) is 5.92 Å². The predicted molar refractivity (Wildman–Crippen MR) is 193 cm³/mol. The average Bonchev–Trinajstić information content (AvgIpc) is 3.14. The van der Waals surface area contributed by atoms with Gasteiger partial charge >= 0.3 is 5.97 Å². The normalized spacial score (nSPS) is 56.5.